The molecule has 0 spiro atoms. The van der Waals surface area contributed by atoms with Gasteiger partial charge in [0.15, 0.2) is 0 Å². The molecule has 0 amide bonds. The van der Waals surface area contributed by atoms with E-state index in [0.29, 0.717) is 11.8 Å². The van der Waals surface area contributed by atoms with Gasteiger partial charge in [0.2, 0.25) is 0 Å². The summed E-state index contributed by atoms with van der Waals surface area (Å²) < 4.78 is 0. The number of nitrogens with two attached hydrogens (primary N) is 1. The Morgan fingerprint density at radius 1 is 1.09 bits per heavy atom. The van der Waals surface area contributed by atoms with Crippen LogP contribution >= 0.6 is 0 Å². The molecule has 0 saturated carbocycles. The Kier molecular flexibility index (Phi) is 2.53. The van der Waals surface area contributed by atoms with E-state index in [1.165, 1.54) is 0 Å². The topological polar surface area (TPSA) is 26.0 Å². The normalized spacial score (nSPS) is 41.5. The fraction of sp³-hybridized carbons (Fsp3) is 0.400. The Hall–Kier alpha value is -0.980. The largest absolute Gasteiger partial charge is 0.399 e. The van der Waals surface area contributed by atoms with Crippen molar-refractivity contribution in [2.75, 3.05) is 0 Å². The molecule has 0 aromatic rings. The van der Waals surface area contributed by atoms with E-state index >= 15 is 0 Å². The quantitative estimate of drug-likeness (QED) is 0.525. The summed E-state index contributed by atoms with van der Waals surface area (Å²) in [5, 5.41) is 0. The molecule has 0 fully saturated rings. The third-order valence-electron chi connectivity index (χ3n) is 1.77. The molecule has 2 atom stereocenters. The highest BCUT2D eigenvalue weighted by atomic mass is 14.6. The summed E-state index contributed by atoms with van der Waals surface area (Å²) in [4.78, 5) is 0. The lowest BCUT2D eigenvalue weighted by molar-refractivity contribution is 0.864. The van der Waals surface area contributed by atoms with Crippen molar-refractivity contribution < 1.29 is 0 Å². The Labute approximate surface area is 68.3 Å². The summed E-state index contributed by atoms with van der Waals surface area (Å²) in [6.07, 6.45) is 10.5. The van der Waals surface area contributed by atoms with Crippen LogP contribution in [0.2, 0.25) is 0 Å². The van der Waals surface area contributed by atoms with Gasteiger partial charge in [0.1, 0.15) is 0 Å². The first-order valence-corrected chi connectivity index (χ1v) is 4.02. The number of hydrogen-bond acceptors (Lipinski definition) is 1. The van der Waals surface area contributed by atoms with E-state index in [-0.39, 0.29) is 0 Å². The molecule has 0 aromatic carbocycles. The zero-order valence-electron chi connectivity index (χ0n) is 7.12. The van der Waals surface area contributed by atoms with Crippen LogP contribution in [0.25, 0.3) is 0 Å². The minimum absolute atomic E-state index is 0.461. The molecule has 1 aliphatic rings. The van der Waals surface area contributed by atoms with Crippen molar-refractivity contribution in [2.24, 2.45) is 17.6 Å². The van der Waals surface area contributed by atoms with Crippen molar-refractivity contribution in [1.82, 2.24) is 0 Å². The lowest BCUT2D eigenvalue weighted by atomic mass is 10.0. The van der Waals surface area contributed by atoms with Crippen LogP contribution in [0.5, 0.6) is 0 Å². The van der Waals surface area contributed by atoms with Crippen molar-refractivity contribution in [2.45, 2.75) is 13.8 Å². The molecule has 0 heterocycles. The molecule has 1 aliphatic carbocycles. The standard InChI is InChI=1S/C10H15N/c1-8-3-4-9(2)7-10(11)6-5-8/h3-9H,11H2,1-2H3/b4-3-,6-5-,10-7+. The third kappa shape index (κ3) is 2.62. The van der Waals surface area contributed by atoms with Gasteiger partial charge in [-0.05, 0) is 17.9 Å². The maximum Gasteiger partial charge on any atom is 0.0276 e. The second kappa shape index (κ2) is 3.42. The van der Waals surface area contributed by atoms with Crippen LogP contribution in [-0.4, -0.2) is 0 Å². The fourth-order valence-electron chi connectivity index (χ4n) is 1.09. The fourth-order valence-corrected chi connectivity index (χ4v) is 1.09. The van der Waals surface area contributed by atoms with Gasteiger partial charge in [-0.3, -0.25) is 0 Å². The smallest absolute Gasteiger partial charge is 0.0276 e. The van der Waals surface area contributed by atoms with E-state index in [1.54, 1.807) is 0 Å². The molecular formula is C10H15N. The predicted octanol–water partition coefficient (Wildman–Crippen LogP) is 2.23. The lowest BCUT2D eigenvalue weighted by Crippen LogP contribution is -1.99. The minimum Gasteiger partial charge on any atom is -0.399 e. The molecule has 0 saturated heterocycles. The summed E-state index contributed by atoms with van der Waals surface area (Å²) in [5.41, 5.74) is 6.57. The van der Waals surface area contributed by atoms with Crippen molar-refractivity contribution >= 4 is 0 Å². The van der Waals surface area contributed by atoms with Crippen molar-refractivity contribution in [3.8, 4) is 0 Å². The van der Waals surface area contributed by atoms with Crippen LogP contribution in [0, 0.1) is 11.8 Å². The summed E-state index contributed by atoms with van der Waals surface area (Å²) in [6, 6.07) is 0. The van der Waals surface area contributed by atoms with Gasteiger partial charge < -0.3 is 5.73 Å². The molecule has 0 aromatic heterocycles. The van der Waals surface area contributed by atoms with Gasteiger partial charge in [0, 0.05) is 5.70 Å². The average Bonchev–Trinajstić information content (AvgIpc) is 1.95. The molecule has 1 rings (SSSR count). The van der Waals surface area contributed by atoms with Crippen molar-refractivity contribution in [3.05, 3.63) is 36.1 Å². The maximum absolute atomic E-state index is 5.70. The van der Waals surface area contributed by atoms with Crippen LogP contribution < -0.4 is 5.73 Å². The number of allylic oxidation sites excluding steroid dienone is 5. The second-order valence-corrected chi connectivity index (χ2v) is 3.13. The molecule has 0 aliphatic heterocycles. The highest BCUT2D eigenvalue weighted by Crippen LogP contribution is 2.10. The first-order valence-electron chi connectivity index (χ1n) is 4.02. The molecule has 0 radical (unpaired) electrons. The molecule has 0 bridgehead atoms. The van der Waals surface area contributed by atoms with E-state index in [2.05, 4.69) is 38.2 Å². The van der Waals surface area contributed by atoms with Crippen LogP contribution in [-0.2, 0) is 0 Å². The van der Waals surface area contributed by atoms with Gasteiger partial charge in [-0.2, -0.15) is 0 Å². The molecule has 2 N–H and O–H groups in total. The van der Waals surface area contributed by atoms with E-state index in [0.717, 1.165) is 5.70 Å². The van der Waals surface area contributed by atoms with Crippen molar-refractivity contribution in [1.29, 1.82) is 0 Å². The highest BCUT2D eigenvalue weighted by molar-refractivity contribution is 5.21. The van der Waals surface area contributed by atoms with Gasteiger partial charge in [0.25, 0.3) is 0 Å². The Bertz CT molecular complexity index is 211. The Morgan fingerprint density at radius 3 is 2.45 bits per heavy atom. The summed E-state index contributed by atoms with van der Waals surface area (Å²) in [5.74, 6) is 0.965. The van der Waals surface area contributed by atoms with Gasteiger partial charge in [-0.1, -0.05) is 38.2 Å². The van der Waals surface area contributed by atoms with E-state index in [4.69, 9.17) is 5.73 Å². The van der Waals surface area contributed by atoms with Gasteiger partial charge >= 0.3 is 0 Å². The van der Waals surface area contributed by atoms with Gasteiger partial charge in [-0.15, -0.1) is 0 Å². The first kappa shape index (κ1) is 8.12. The third-order valence-corrected chi connectivity index (χ3v) is 1.77. The molecule has 1 nitrogen and oxygen atoms in total. The van der Waals surface area contributed by atoms with Gasteiger partial charge in [0.05, 0.1) is 0 Å². The monoisotopic (exact) mass is 149 g/mol. The number of hydrogen-bond donors (Lipinski definition) is 1. The summed E-state index contributed by atoms with van der Waals surface area (Å²) in [7, 11) is 0. The predicted molar refractivity (Wildman–Crippen MR) is 48.9 cm³/mol. The molecular weight excluding hydrogens is 134 g/mol. The second-order valence-electron chi connectivity index (χ2n) is 3.13. The van der Waals surface area contributed by atoms with E-state index in [1.807, 2.05) is 6.08 Å². The zero-order valence-corrected chi connectivity index (χ0v) is 7.12. The molecule has 2 unspecified atom stereocenters. The first-order chi connectivity index (χ1) is 5.18. The van der Waals surface area contributed by atoms with Crippen molar-refractivity contribution in [3.63, 3.8) is 0 Å². The van der Waals surface area contributed by atoms with Crippen LogP contribution in [0.3, 0.4) is 0 Å². The molecule has 60 valence electrons. The summed E-state index contributed by atoms with van der Waals surface area (Å²) >= 11 is 0. The summed E-state index contributed by atoms with van der Waals surface area (Å²) in [6.45, 7) is 4.29. The Balaban J connectivity index is 2.82. The Morgan fingerprint density at radius 2 is 1.73 bits per heavy atom. The minimum atomic E-state index is 0.461. The van der Waals surface area contributed by atoms with Crippen LogP contribution in [0.4, 0.5) is 0 Å². The molecule has 11 heavy (non-hydrogen) atoms. The van der Waals surface area contributed by atoms with Gasteiger partial charge in [-0.25, -0.2) is 0 Å². The van der Waals surface area contributed by atoms with Crippen LogP contribution in [0.15, 0.2) is 36.1 Å². The average molecular weight is 149 g/mol. The SMILES string of the molecule is CC1/C=C\C(N)=C/C(C)/C=C\1. The highest BCUT2D eigenvalue weighted by Gasteiger charge is 1.98. The van der Waals surface area contributed by atoms with E-state index in [9.17, 15) is 0 Å². The maximum atomic E-state index is 5.70. The number of rotatable bonds is 0. The van der Waals surface area contributed by atoms with E-state index < -0.39 is 0 Å². The molecule has 1 heteroatoms. The van der Waals surface area contributed by atoms with Crippen LogP contribution in [0.1, 0.15) is 13.8 Å². The zero-order chi connectivity index (χ0) is 8.27. The lowest BCUT2D eigenvalue weighted by Gasteiger charge is -2.06.